The number of thiazole rings is 1. The van der Waals surface area contributed by atoms with E-state index in [1.165, 1.54) is 6.07 Å². The van der Waals surface area contributed by atoms with Gasteiger partial charge in [0, 0.05) is 61.3 Å². The second-order valence-corrected chi connectivity index (χ2v) is 9.33. The van der Waals surface area contributed by atoms with Crippen LogP contribution in [0.25, 0.3) is 0 Å². The molecule has 1 N–H and O–H groups in total. The zero-order valence-corrected chi connectivity index (χ0v) is 19.7. The third-order valence-corrected chi connectivity index (χ3v) is 6.77. The van der Waals surface area contributed by atoms with E-state index in [0.717, 1.165) is 35.9 Å². The lowest BCUT2D eigenvalue weighted by Gasteiger charge is -2.34. The smallest absolute Gasteiger partial charge is 0.293 e. The largest absolute Gasteiger partial charge is 0.375 e. The van der Waals surface area contributed by atoms with Crippen LogP contribution >= 0.6 is 22.9 Å². The lowest BCUT2D eigenvalue weighted by atomic mass is 10.1. The lowest BCUT2D eigenvalue weighted by molar-refractivity contribution is -0.384. The van der Waals surface area contributed by atoms with Gasteiger partial charge in [-0.2, -0.15) is 0 Å². The van der Waals surface area contributed by atoms with Gasteiger partial charge in [-0.1, -0.05) is 29.8 Å². The van der Waals surface area contributed by atoms with Gasteiger partial charge in [0.15, 0.2) is 0 Å². The molecule has 0 unspecified atom stereocenters. The van der Waals surface area contributed by atoms with Crippen molar-refractivity contribution in [3.63, 3.8) is 0 Å². The number of aryl methyl sites for hydroxylation is 1. The molecule has 4 rings (SSSR count). The summed E-state index contributed by atoms with van der Waals surface area (Å²) >= 11 is 7.81. The van der Waals surface area contributed by atoms with E-state index in [4.69, 9.17) is 11.6 Å². The number of hydrogen-bond donors (Lipinski definition) is 1. The van der Waals surface area contributed by atoms with Crippen molar-refractivity contribution in [2.45, 2.75) is 20.0 Å². The van der Waals surface area contributed by atoms with Crippen LogP contribution in [0.15, 0.2) is 47.8 Å². The van der Waals surface area contributed by atoms with Crippen molar-refractivity contribution < 1.29 is 9.72 Å². The summed E-state index contributed by atoms with van der Waals surface area (Å²) in [5.41, 5.74) is 2.41. The minimum absolute atomic E-state index is 0.134. The summed E-state index contributed by atoms with van der Waals surface area (Å²) in [5.74, 6) is -0.195. The summed E-state index contributed by atoms with van der Waals surface area (Å²) in [7, 11) is 0. The summed E-state index contributed by atoms with van der Waals surface area (Å²) in [6.07, 6.45) is 0. The molecule has 1 aliphatic heterocycles. The minimum atomic E-state index is -0.473. The summed E-state index contributed by atoms with van der Waals surface area (Å²) in [4.78, 5) is 32.7. The number of benzene rings is 2. The summed E-state index contributed by atoms with van der Waals surface area (Å²) in [5, 5.41) is 18.4. The normalized spacial score (nSPS) is 14.3. The van der Waals surface area contributed by atoms with Gasteiger partial charge in [-0.25, -0.2) is 4.98 Å². The molecular formula is C23H24ClN5O3S. The van der Waals surface area contributed by atoms with Crippen molar-refractivity contribution >= 4 is 40.2 Å². The number of nitrogens with one attached hydrogen (secondary N) is 1. The minimum Gasteiger partial charge on any atom is -0.375 e. The summed E-state index contributed by atoms with van der Waals surface area (Å²) < 4.78 is 0. The molecule has 8 nitrogen and oxygen atoms in total. The number of nitrogens with zero attached hydrogens (tertiary/aromatic N) is 4. The Kier molecular flexibility index (Phi) is 7.22. The van der Waals surface area contributed by atoms with E-state index >= 15 is 0 Å². The van der Waals surface area contributed by atoms with Gasteiger partial charge in [0.2, 0.25) is 0 Å². The third kappa shape index (κ3) is 5.68. The van der Waals surface area contributed by atoms with E-state index in [-0.39, 0.29) is 11.6 Å². The molecule has 0 spiro atoms. The Morgan fingerprint density at radius 1 is 1.21 bits per heavy atom. The second-order valence-electron chi connectivity index (χ2n) is 7.86. The maximum absolute atomic E-state index is 13.0. The molecule has 0 atom stereocenters. The lowest BCUT2D eigenvalue weighted by Crippen LogP contribution is -2.48. The molecular weight excluding hydrogens is 462 g/mol. The van der Waals surface area contributed by atoms with E-state index in [1.807, 2.05) is 25.1 Å². The molecule has 1 saturated heterocycles. The molecule has 0 saturated carbocycles. The first-order chi connectivity index (χ1) is 15.9. The number of piperazine rings is 1. The van der Waals surface area contributed by atoms with Gasteiger partial charge in [-0.05, 0) is 30.7 Å². The molecule has 3 aromatic rings. The van der Waals surface area contributed by atoms with Crippen LogP contribution in [-0.2, 0) is 13.1 Å². The Bertz CT molecular complexity index is 1160. The molecule has 1 amide bonds. The molecule has 172 valence electrons. The van der Waals surface area contributed by atoms with Crippen LogP contribution in [0.2, 0.25) is 5.02 Å². The SMILES string of the molecule is Cc1nc(CN2CCN(C(=O)c3ccc(NCc4ccccc4Cl)c([N+](=O)[O-])c3)CC2)cs1. The molecule has 0 radical (unpaired) electrons. The van der Waals surface area contributed by atoms with Gasteiger partial charge in [0.25, 0.3) is 11.6 Å². The highest BCUT2D eigenvalue weighted by Crippen LogP contribution is 2.28. The number of hydrogen-bond acceptors (Lipinski definition) is 7. The van der Waals surface area contributed by atoms with Crippen molar-refractivity contribution in [1.29, 1.82) is 0 Å². The first-order valence-corrected chi connectivity index (χ1v) is 11.8. The molecule has 1 fully saturated rings. The zero-order valence-electron chi connectivity index (χ0n) is 18.2. The van der Waals surface area contributed by atoms with E-state index in [1.54, 1.807) is 34.4 Å². The third-order valence-electron chi connectivity index (χ3n) is 5.58. The highest BCUT2D eigenvalue weighted by molar-refractivity contribution is 7.09. The fourth-order valence-electron chi connectivity index (χ4n) is 3.80. The maximum Gasteiger partial charge on any atom is 0.293 e. The highest BCUT2D eigenvalue weighted by atomic mass is 35.5. The number of nitro groups is 1. The van der Waals surface area contributed by atoms with Gasteiger partial charge in [-0.15, -0.1) is 11.3 Å². The number of aromatic nitrogens is 1. The quantitative estimate of drug-likeness (QED) is 0.389. The Morgan fingerprint density at radius 2 is 1.97 bits per heavy atom. The topological polar surface area (TPSA) is 91.6 Å². The summed E-state index contributed by atoms with van der Waals surface area (Å²) in [6, 6.07) is 11.9. The van der Waals surface area contributed by atoms with Gasteiger partial charge < -0.3 is 10.2 Å². The summed E-state index contributed by atoms with van der Waals surface area (Å²) in [6.45, 7) is 5.72. The Morgan fingerprint density at radius 3 is 2.64 bits per heavy atom. The average molecular weight is 486 g/mol. The number of nitro benzene ring substituents is 1. The number of carbonyl (C=O) groups excluding carboxylic acids is 1. The van der Waals surface area contributed by atoms with E-state index in [9.17, 15) is 14.9 Å². The molecule has 2 aromatic carbocycles. The fraction of sp³-hybridized carbons (Fsp3) is 0.304. The molecule has 10 heteroatoms. The number of halogens is 1. The second kappa shape index (κ2) is 10.3. The zero-order chi connectivity index (χ0) is 23.4. The van der Waals surface area contributed by atoms with Crippen LogP contribution in [-0.4, -0.2) is 51.8 Å². The number of carbonyl (C=O) groups is 1. The van der Waals surface area contributed by atoms with Gasteiger partial charge in [0.05, 0.1) is 15.6 Å². The van der Waals surface area contributed by atoms with Crippen LogP contribution in [0.1, 0.15) is 26.6 Å². The van der Waals surface area contributed by atoms with Crippen LogP contribution in [0, 0.1) is 17.0 Å². The monoisotopic (exact) mass is 485 g/mol. The molecule has 33 heavy (non-hydrogen) atoms. The van der Waals surface area contributed by atoms with Crippen molar-refractivity contribution in [2.75, 3.05) is 31.5 Å². The van der Waals surface area contributed by atoms with Crippen molar-refractivity contribution in [2.24, 2.45) is 0 Å². The van der Waals surface area contributed by atoms with E-state index in [0.29, 0.717) is 35.9 Å². The molecule has 0 bridgehead atoms. The maximum atomic E-state index is 13.0. The predicted molar refractivity (Wildman–Crippen MR) is 130 cm³/mol. The Balaban J connectivity index is 1.40. The first-order valence-electron chi connectivity index (χ1n) is 10.6. The number of rotatable bonds is 7. The van der Waals surface area contributed by atoms with E-state index < -0.39 is 4.92 Å². The highest BCUT2D eigenvalue weighted by Gasteiger charge is 2.25. The van der Waals surface area contributed by atoms with E-state index in [2.05, 4.69) is 20.6 Å². The van der Waals surface area contributed by atoms with Crippen LogP contribution in [0.5, 0.6) is 0 Å². The first kappa shape index (κ1) is 23.2. The Labute approximate surface area is 201 Å². The molecule has 1 aromatic heterocycles. The van der Waals surface area contributed by atoms with Crippen LogP contribution in [0.3, 0.4) is 0 Å². The van der Waals surface area contributed by atoms with Gasteiger partial charge in [0.1, 0.15) is 5.69 Å². The van der Waals surface area contributed by atoms with Crippen molar-refractivity contribution in [3.8, 4) is 0 Å². The molecule has 2 heterocycles. The van der Waals surface area contributed by atoms with Crippen LogP contribution < -0.4 is 5.32 Å². The van der Waals surface area contributed by atoms with Crippen molar-refractivity contribution in [3.05, 3.63) is 84.8 Å². The number of amides is 1. The average Bonchev–Trinajstić information content (AvgIpc) is 3.23. The van der Waals surface area contributed by atoms with Gasteiger partial charge in [-0.3, -0.25) is 19.8 Å². The standard InChI is InChI=1S/C23H24ClN5O3S/c1-16-26-19(15-33-16)14-27-8-10-28(11-9-27)23(30)17-6-7-21(22(12-17)29(31)32)25-13-18-4-2-3-5-20(18)24/h2-7,12,15,25H,8-11,13-14H2,1H3. The van der Waals surface area contributed by atoms with Crippen molar-refractivity contribution in [1.82, 2.24) is 14.8 Å². The predicted octanol–water partition coefficient (Wildman–Crippen LogP) is 4.58. The van der Waals surface area contributed by atoms with Gasteiger partial charge >= 0.3 is 0 Å². The molecule has 1 aliphatic rings. The Hall–Kier alpha value is -3.01. The number of anilines is 1. The molecule has 0 aliphatic carbocycles. The fourth-order valence-corrected chi connectivity index (χ4v) is 4.61. The van der Waals surface area contributed by atoms with Crippen LogP contribution in [0.4, 0.5) is 11.4 Å².